The highest BCUT2D eigenvalue weighted by Gasteiger charge is 2.10. The molecule has 1 amide bonds. The van der Waals surface area contributed by atoms with E-state index in [0.29, 0.717) is 17.2 Å². The van der Waals surface area contributed by atoms with Crippen LogP contribution in [-0.2, 0) is 0 Å². The number of rotatable bonds is 5. The Balaban J connectivity index is 1.40. The second-order valence-electron chi connectivity index (χ2n) is 7.49. The average molecular weight is 419 g/mol. The number of hydrogen-bond donors (Lipinski definition) is 3. The van der Waals surface area contributed by atoms with Crippen molar-refractivity contribution >= 4 is 34.1 Å². The first-order chi connectivity index (χ1) is 15.7. The summed E-state index contributed by atoms with van der Waals surface area (Å²) in [6.45, 7) is 1.99. The van der Waals surface area contributed by atoms with Gasteiger partial charge in [-0.05, 0) is 48.9 Å². The molecule has 0 saturated carbocycles. The quantitative estimate of drug-likeness (QED) is 0.330. The topological polar surface area (TPSA) is 82.7 Å². The lowest BCUT2D eigenvalue weighted by atomic mass is 10.1. The number of benzene rings is 3. The number of aromatic nitrogens is 3. The maximum Gasteiger partial charge on any atom is 0.255 e. The van der Waals surface area contributed by atoms with E-state index in [-0.39, 0.29) is 5.91 Å². The number of nitrogens with zero attached hydrogens (tertiary/aromatic N) is 2. The number of hydrogen-bond acceptors (Lipinski definition) is 4. The maximum absolute atomic E-state index is 12.5. The Labute approximate surface area is 185 Å². The third kappa shape index (κ3) is 3.94. The van der Waals surface area contributed by atoms with Crippen molar-refractivity contribution in [2.24, 2.45) is 0 Å². The summed E-state index contributed by atoms with van der Waals surface area (Å²) in [5.41, 5.74) is 6.05. The molecular weight excluding hydrogens is 398 g/mol. The van der Waals surface area contributed by atoms with E-state index in [1.54, 1.807) is 18.3 Å². The molecule has 0 aliphatic carbocycles. The van der Waals surface area contributed by atoms with E-state index in [9.17, 15) is 4.79 Å². The molecule has 156 valence electrons. The number of nitrogens with one attached hydrogen (secondary N) is 3. The van der Waals surface area contributed by atoms with Crippen LogP contribution in [-0.4, -0.2) is 20.9 Å². The van der Waals surface area contributed by atoms with Gasteiger partial charge < -0.3 is 15.6 Å². The van der Waals surface area contributed by atoms with Crippen LogP contribution in [0.1, 0.15) is 15.9 Å². The standard InChI is InChI=1S/C26H21N5O/c1-17-11-12-19(29-25(32)18-7-3-2-4-8-18)15-24(17)31-26-27-14-13-23(30-26)21-16-28-22-10-6-5-9-20(21)22/h2-16,28H,1H3,(H,29,32)(H,27,30,31). The van der Waals surface area contributed by atoms with Gasteiger partial charge in [-0.1, -0.05) is 42.5 Å². The molecule has 0 spiro atoms. The number of para-hydroxylation sites is 1. The highest BCUT2D eigenvalue weighted by atomic mass is 16.1. The lowest BCUT2D eigenvalue weighted by Crippen LogP contribution is -2.12. The second kappa shape index (κ2) is 8.35. The Morgan fingerprint density at radius 3 is 2.62 bits per heavy atom. The Morgan fingerprint density at radius 1 is 0.938 bits per heavy atom. The van der Waals surface area contributed by atoms with E-state index >= 15 is 0 Å². The lowest BCUT2D eigenvalue weighted by molar-refractivity contribution is 0.102. The van der Waals surface area contributed by atoms with E-state index < -0.39 is 0 Å². The van der Waals surface area contributed by atoms with Gasteiger partial charge in [0.05, 0.1) is 5.69 Å². The van der Waals surface area contributed by atoms with Crippen LogP contribution >= 0.6 is 0 Å². The van der Waals surface area contributed by atoms with Crippen LogP contribution < -0.4 is 10.6 Å². The molecule has 0 atom stereocenters. The number of carbonyl (C=O) groups is 1. The molecule has 5 rings (SSSR count). The number of carbonyl (C=O) groups excluding carboxylic acids is 1. The molecule has 0 fully saturated rings. The minimum atomic E-state index is -0.155. The molecule has 5 aromatic rings. The van der Waals surface area contributed by atoms with Crippen LogP contribution in [0.2, 0.25) is 0 Å². The van der Waals surface area contributed by atoms with Gasteiger partial charge in [0.1, 0.15) is 0 Å². The first kappa shape index (κ1) is 19.5. The fourth-order valence-corrected chi connectivity index (χ4v) is 3.60. The monoisotopic (exact) mass is 419 g/mol. The van der Waals surface area contributed by atoms with Crippen molar-refractivity contribution in [3.63, 3.8) is 0 Å². The molecule has 0 aliphatic rings. The normalized spacial score (nSPS) is 10.8. The van der Waals surface area contributed by atoms with E-state index in [4.69, 9.17) is 4.98 Å². The summed E-state index contributed by atoms with van der Waals surface area (Å²) in [5, 5.41) is 7.34. The van der Waals surface area contributed by atoms with Crippen LogP contribution in [0, 0.1) is 6.92 Å². The predicted octanol–water partition coefficient (Wildman–Crippen LogP) is 5.93. The third-order valence-corrected chi connectivity index (χ3v) is 5.30. The van der Waals surface area contributed by atoms with E-state index in [0.717, 1.165) is 33.4 Å². The van der Waals surface area contributed by atoms with Crippen molar-refractivity contribution in [1.29, 1.82) is 0 Å². The smallest absolute Gasteiger partial charge is 0.255 e. The molecular formula is C26H21N5O. The van der Waals surface area contributed by atoms with Gasteiger partial charge in [0.15, 0.2) is 0 Å². The van der Waals surface area contributed by atoms with Gasteiger partial charge in [-0.25, -0.2) is 9.97 Å². The molecule has 3 aromatic carbocycles. The molecule has 0 bridgehead atoms. The van der Waals surface area contributed by atoms with Gasteiger partial charge in [-0.15, -0.1) is 0 Å². The molecule has 2 heterocycles. The van der Waals surface area contributed by atoms with Gasteiger partial charge in [-0.3, -0.25) is 4.79 Å². The summed E-state index contributed by atoms with van der Waals surface area (Å²) in [7, 11) is 0. The molecule has 6 heteroatoms. The number of aromatic amines is 1. The predicted molar refractivity (Wildman–Crippen MR) is 128 cm³/mol. The third-order valence-electron chi connectivity index (χ3n) is 5.30. The number of anilines is 3. The zero-order valence-electron chi connectivity index (χ0n) is 17.5. The Kier molecular flexibility index (Phi) is 5.09. The Bertz CT molecular complexity index is 1410. The molecule has 32 heavy (non-hydrogen) atoms. The zero-order chi connectivity index (χ0) is 21.9. The van der Waals surface area contributed by atoms with E-state index in [1.165, 1.54) is 0 Å². The number of amides is 1. The van der Waals surface area contributed by atoms with Crippen LogP contribution in [0.3, 0.4) is 0 Å². The fraction of sp³-hybridized carbons (Fsp3) is 0.0385. The van der Waals surface area contributed by atoms with Crippen molar-refractivity contribution in [3.8, 4) is 11.3 Å². The first-order valence-electron chi connectivity index (χ1n) is 10.3. The highest BCUT2D eigenvalue weighted by molar-refractivity contribution is 6.04. The fourth-order valence-electron chi connectivity index (χ4n) is 3.60. The minimum Gasteiger partial charge on any atom is -0.360 e. The van der Waals surface area contributed by atoms with Crippen LogP contribution in [0.15, 0.2) is 91.3 Å². The van der Waals surface area contributed by atoms with Crippen molar-refractivity contribution in [2.45, 2.75) is 6.92 Å². The average Bonchev–Trinajstić information content (AvgIpc) is 3.26. The van der Waals surface area contributed by atoms with Crippen molar-refractivity contribution < 1.29 is 4.79 Å². The van der Waals surface area contributed by atoms with Gasteiger partial charge in [0.2, 0.25) is 5.95 Å². The number of fused-ring (bicyclic) bond motifs is 1. The minimum absolute atomic E-state index is 0.155. The van der Waals surface area contributed by atoms with E-state index in [1.807, 2.05) is 73.8 Å². The first-order valence-corrected chi connectivity index (χ1v) is 10.3. The Hall–Kier alpha value is -4.45. The molecule has 0 unspecified atom stereocenters. The van der Waals surface area contributed by atoms with E-state index in [2.05, 4.69) is 26.7 Å². The summed E-state index contributed by atoms with van der Waals surface area (Å²) in [5.74, 6) is 0.334. The van der Waals surface area contributed by atoms with Crippen LogP contribution in [0.25, 0.3) is 22.2 Å². The largest absolute Gasteiger partial charge is 0.360 e. The number of aryl methyl sites for hydroxylation is 1. The van der Waals surface area contributed by atoms with Crippen molar-refractivity contribution in [1.82, 2.24) is 15.0 Å². The lowest BCUT2D eigenvalue weighted by Gasteiger charge is -2.12. The van der Waals surface area contributed by atoms with Crippen molar-refractivity contribution in [2.75, 3.05) is 10.6 Å². The van der Waals surface area contributed by atoms with Gasteiger partial charge in [0.25, 0.3) is 5.91 Å². The SMILES string of the molecule is Cc1ccc(NC(=O)c2ccccc2)cc1Nc1nccc(-c2c[nH]c3ccccc23)n1. The second-order valence-corrected chi connectivity index (χ2v) is 7.49. The van der Waals surface area contributed by atoms with Gasteiger partial charge in [-0.2, -0.15) is 0 Å². The zero-order valence-corrected chi connectivity index (χ0v) is 17.5. The molecule has 6 nitrogen and oxygen atoms in total. The Morgan fingerprint density at radius 2 is 1.75 bits per heavy atom. The summed E-state index contributed by atoms with van der Waals surface area (Å²) < 4.78 is 0. The molecule has 0 saturated heterocycles. The molecule has 3 N–H and O–H groups in total. The molecule has 0 radical (unpaired) electrons. The summed E-state index contributed by atoms with van der Waals surface area (Å²) in [6.07, 6.45) is 3.70. The summed E-state index contributed by atoms with van der Waals surface area (Å²) in [4.78, 5) is 24.9. The molecule has 0 aliphatic heterocycles. The molecule has 2 aromatic heterocycles. The van der Waals surface area contributed by atoms with Crippen LogP contribution in [0.4, 0.5) is 17.3 Å². The van der Waals surface area contributed by atoms with Gasteiger partial charge in [0, 0.05) is 45.8 Å². The van der Waals surface area contributed by atoms with Gasteiger partial charge >= 0.3 is 0 Å². The summed E-state index contributed by atoms with van der Waals surface area (Å²) in [6, 6.07) is 24.9. The number of H-pyrrole nitrogens is 1. The van der Waals surface area contributed by atoms with Crippen molar-refractivity contribution in [3.05, 3.63) is 102 Å². The van der Waals surface area contributed by atoms with Crippen LogP contribution in [0.5, 0.6) is 0 Å². The highest BCUT2D eigenvalue weighted by Crippen LogP contribution is 2.28. The summed E-state index contributed by atoms with van der Waals surface area (Å²) >= 11 is 0. The maximum atomic E-state index is 12.5.